The van der Waals surface area contributed by atoms with Crippen molar-refractivity contribution in [3.63, 3.8) is 0 Å². The number of halogens is 1. The molecule has 1 aromatic carbocycles. The van der Waals surface area contributed by atoms with Gasteiger partial charge in [0.05, 0.1) is 0 Å². The molecular weight excluding hydrogens is 268 g/mol. The number of rotatable bonds is 1. The Bertz CT molecular complexity index is 564. The third-order valence-corrected chi connectivity index (χ3v) is 2.88. The molecule has 0 saturated carbocycles. The van der Waals surface area contributed by atoms with Crippen LogP contribution in [0, 0.1) is 18.3 Å². The number of anilines is 1. The molecule has 0 atom stereocenters. The molecule has 0 spiro atoms. The molecule has 80 valence electrons. The maximum absolute atomic E-state index is 9.03. The number of hydrogen-bond acceptors (Lipinski definition) is 3. The second-order valence-corrected chi connectivity index (χ2v) is 4.31. The molecule has 0 aliphatic carbocycles. The zero-order chi connectivity index (χ0) is 11.7. The highest BCUT2D eigenvalue weighted by molar-refractivity contribution is 9.10. The van der Waals surface area contributed by atoms with E-state index in [2.05, 4.69) is 22.0 Å². The van der Waals surface area contributed by atoms with E-state index in [9.17, 15) is 0 Å². The highest BCUT2D eigenvalue weighted by Gasteiger charge is 2.16. The molecule has 0 radical (unpaired) electrons. The number of benzene rings is 1. The fourth-order valence-corrected chi connectivity index (χ4v) is 1.91. The Kier molecular flexibility index (Phi) is 2.71. The Morgan fingerprint density at radius 3 is 2.50 bits per heavy atom. The van der Waals surface area contributed by atoms with E-state index in [1.807, 2.05) is 24.3 Å². The molecule has 1 heterocycles. The molecule has 0 bridgehead atoms. The minimum atomic E-state index is 0.179. The lowest BCUT2D eigenvalue weighted by Crippen LogP contribution is -1.86. The van der Waals surface area contributed by atoms with Crippen LogP contribution in [0.2, 0.25) is 0 Å². The van der Waals surface area contributed by atoms with Gasteiger partial charge >= 0.3 is 0 Å². The van der Waals surface area contributed by atoms with Crippen molar-refractivity contribution in [2.45, 2.75) is 6.92 Å². The van der Waals surface area contributed by atoms with E-state index in [1.165, 1.54) is 0 Å². The number of nitrogen functional groups attached to an aromatic ring is 1. The van der Waals surface area contributed by atoms with Crippen molar-refractivity contribution >= 4 is 21.8 Å². The molecule has 4 heteroatoms. The summed E-state index contributed by atoms with van der Waals surface area (Å²) in [5.41, 5.74) is 7.72. The number of nitriles is 1. The van der Waals surface area contributed by atoms with Crippen LogP contribution >= 0.6 is 15.9 Å². The molecule has 2 aromatic rings. The molecule has 0 aliphatic heterocycles. The maximum atomic E-state index is 9.03. The number of aryl methyl sites for hydroxylation is 1. The summed E-state index contributed by atoms with van der Waals surface area (Å²) in [7, 11) is 0. The zero-order valence-corrected chi connectivity index (χ0v) is 10.2. The lowest BCUT2D eigenvalue weighted by atomic mass is 10.0. The Labute approximate surface area is 102 Å². The van der Waals surface area contributed by atoms with E-state index in [0.29, 0.717) is 11.3 Å². The summed E-state index contributed by atoms with van der Waals surface area (Å²) < 4.78 is 6.25. The summed E-state index contributed by atoms with van der Waals surface area (Å²) in [5, 5.41) is 9.03. The van der Waals surface area contributed by atoms with Gasteiger partial charge in [-0.3, -0.25) is 0 Å². The molecule has 1 aromatic heterocycles. The van der Waals surface area contributed by atoms with Gasteiger partial charge in [-0.1, -0.05) is 28.1 Å². The van der Waals surface area contributed by atoms with E-state index in [0.717, 1.165) is 15.6 Å². The summed E-state index contributed by atoms with van der Waals surface area (Å²) in [6.07, 6.45) is 0. The summed E-state index contributed by atoms with van der Waals surface area (Å²) >= 11 is 3.36. The van der Waals surface area contributed by atoms with Crippen LogP contribution in [-0.2, 0) is 0 Å². The molecule has 0 amide bonds. The average molecular weight is 277 g/mol. The second kappa shape index (κ2) is 4.03. The van der Waals surface area contributed by atoms with Gasteiger partial charge in [0.15, 0.2) is 0 Å². The molecule has 0 unspecified atom stereocenters. The third kappa shape index (κ3) is 1.70. The fraction of sp³-hybridized carbons (Fsp3) is 0.0833. The van der Waals surface area contributed by atoms with Gasteiger partial charge in [0.2, 0.25) is 5.88 Å². The summed E-state index contributed by atoms with van der Waals surface area (Å²) in [4.78, 5) is 0. The topological polar surface area (TPSA) is 62.9 Å². The van der Waals surface area contributed by atoms with Gasteiger partial charge in [-0.2, -0.15) is 5.26 Å². The standard InChI is InChI=1S/C12H9BrN2O/c1-7-11(10(6-14)12(15)16-7)8-2-4-9(13)5-3-8/h2-5H,15H2,1H3. The molecular formula is C12H9BrN2O. The van der Waals surface area contributed by atoms with Crippen LogP contribution in [0.3, 0.4) is 0 Å². The maximum Gasteiger partial charge on any atom is 0.209 e. The quantitative estimate of drug-likeness (QED) is 0.868. The van der Waals surface area contributed by atoms with Crippen molar-refractivity contribution in [3.05, 3.63) is 40.1 Å². The zero-order valence-electron chi connectivity index (χ0n) is 8.62. The van der Waals surface area contributed by atoms with Gasteiger partial charge < -0.3 is 10.2 Å². The largest absolute Gasteiger partial charge is 0.444 e. The first-order valence-corrected chi connectivity index (χ1v) is 5.47. The molecule has 2 rings (SSSR count). The predicted octanol–water partition coefficient (Wildman–Crippen LogP) is 3.47. The molecule has 0 saturated heterocycles. The van der Waals surface area contributed by atoms with Gasteiger partial charge in [0, 0.05) is 10.0 Å². The lowest BCUT2D eigenvalue weighted by molar-refractivity contribution is 0.554. The Morgan fingerprint density at radius 1 is 1.31 bits per heavy atom. The van der Waals surface area contributed by atoms with Gasteiger partial charge in [-0.15, -0.1) is 0 Å². The Morgan fingerprint density at radius 2 is 1.94 bits per heavy atom. The van der Waals surface area contributed by atoms with E-state index in [4.69, 9.17) is 15.4 Å². The fourth-order valence-electron chi connectivity index (χ4n) is 1.64. The Balaban J connectivity index is 2.64. The number of nitrogens with zero attached hydrogens (tertiary/aromatic N) is 1. The van der Waals surface area contributed by atoms with Crippen LogP contribution in [0.5, 0.6) is 0 Å². The first-order valence-electron chi connectivity index (χ1n) is 4.68. The molecule has 0 fully saturated rings. The first-order chi connectivity index (χ1) is 7.63. The molecule has 2 N–H and O–H groups in total. The third-order valence-electron chi connectivity index (χ3n) is 2.36. The first kappa shape index (κ1) is 10.8. The number of nitrogens with two attached hydrogens (primary N) is 1. The normalized spacial score (nSPS) is 10.1. The monoisotopic (exact) mass is 276 g/mol. The van der Waals surface area contributed by atoms with E-state index >= 15 is 0 Å². The minimum Gasteiger partial charge on any atom is -0.444 e. The average Bonchev–Trinajstić information content (AvgIpc) is 2.54. The van der Waals surface area contributed by atoms with Crippen LogP contribution < -0.4 is 5.73 Å². The van der Waals surface area contributed by atoms with Crippen molar-refractivity contribution in [1.82, 2.24) is 0 Å². The van der Waals surface area contributed by atoms with Crippen LogP contribution in [-0.4, -0.2) is 0 Å². The second-order valence-electron chi connectivity index (χ2n) is 3.39. The van der Waals surface area contributed by atoms with E-state index in [1.54, 1.807) is 6.92 Å². The van der Waals surface area contributed by atoms with Crippen LogP contribution in [0.15, 0.2) is 33.2 Å². The van der Waals surface area contributed by atoms with Crippen LogP contribution in [0.4, 0.5) is 5.88 Å². The number of furan rings is 1. The van der Waals surface area contributed by atoms with Gasteiger partial charge in [-0.25, -0.2) is 0 Å². The van der Waals surface area contributed by atoms with Gasteiger partial charge in [0.1, 0.15) is 17.4 Å². The molecule has 0 aliphatic rings. The number of hydrogen-bond donors (Lipinski definition) is 1. The summed E-state index contributed by atoms with van der Waals surface area (Å²) in [6, 6.07) is 9.74. The van der Waals surface area contributed by atoms with Crippen LogP contribution in [0.1, 0.15) is 11.3 Å². The SMILES string of the molecule is Cc1oc(N)c(C#N)c1-c1ccc(Br)cc1. The van der Waals surface area contributed by atoms with Crippen LogP contribution in [0.25, 0.3) is 11.1 Å². The van der Waals surface area contributed by atoms with E-state index < -0.39 is 0 Å². The van der Waals surface area contributed by atoms with Crippen molar-refractivity contribution in [3.8, 4) is 17.2 Å². The summed E-state index contributed by atoms with van der Waals surface area (Å²) in [6.45, 7) is 1.80. The van der Waals surface area contributed by atoms with Gasteiger partial charge in [0.25, 0.3) is 0 Å². The lowest BCUT2D eigenvalue weighted by Gasteiger charge is -2.00. The minimum absolute atomic E-state index is 0.179. The summed E-state index contributed by atoms with van der Waals surface area (Å²) in [5.74, 6) is 0.842. The van der Waals surface area contributed by atoms with Crippen molar-refractivity contribution in [1.29, 1.82) is 5.26 Å². The van der Waals surface area contributed by atoms with Crippen molar-refractivity contribution in [2.75, 3.05) is 5.73 Å². The Hall–Kier alpha value is -1.73. The smallest absolute Gasteiger partial charge is 0.209 e. The predicted molar refractivity (Wildman–Crippen MR) is 65.7 cm³/mol. The molecule has 3 nitrogen and oxygen atoms in total. The highest BCUT2D eigenvalue weighted by Crippen LogP contribution is 2.33. The van der Waals surface area contributed by atoms with Crippen molar-refractivity contribution < 1.29 is 4.42 Å². The van der Waals surface area contributed by atoms with E-state index in [-0.39, 0.29) is 5.88 Å². The molecule has 16 heavy (non-hydrogen) atoms. The van der Waals surface area contributed by atoms with Gasteiger partial charge in [-0.05, 0) is 24.6 Å². The van der Waals surface area contributed by atoms with Crippen molar-refractivity contribution in [2.24, 2.45) is 0 Å². The highest BCUT2D eigenvalue weighted by atomic mass is 79.9.